The number of aliphatic hydroxyl groups excluding tert-OH is 1. The van der Waals surface area contributed by atoms with E-state index in [1.54, 1.807) is 0 Å². The van der Waals surface area contributed by atoms with E-state index in [-0.39, 0.29) is 18.1 Å². The molecule has 2 saturated carbocycles. The van der Waals surface area contributed by atoms with E-state index < -0.39 is 0 Å². The summed E-state index contributed by atoms with van der Waals surface area (Å²) in [6, 6.07) is 0.482. The minimum Gasteiger partial charge on any atom is -0.394 e. The zero-order valence-electron chi connectivity index (χ0n) is 12.3. The second-order valence-electron chi connectivity index (χ2n) is 6.39. The van der Waals surface area contributed by atoms with E-state index in [4.69, 9.17) is 0 Å². The third kappa shape index (κ3) is 3.69. The summed E-state index contributed by atoms with van der Waals surface area (Å²) >= 11 is 0. The van der Waals surface area contributed by atoms with Crippen LogP contribution < -0.4 is 5.32 Å². The van der Waals surface area contributed by atoms with Crippen molar-refractivity contribution in [1.29, 1.82) is 0 Å². The third-order valence-electron chi connectivity index (χ3n) is 4.80. The fourth-order valence-corrected chi connectivity index (χ4v) is 3.09. The lowest BCUT2D eigenvalue weighted by atomic mass is 9.77. The van der Waals surface area contributed by atoms with Gasteiger partial charge in [-0.05, 0) is 51.4 Å². The van der Waals surface area contributed by atoms with E-state index in [0.717, 1.165) is 51.0 Å². The van der Waals surface area contributed by atoms with Crippen LogP contribution in [-0.2, 0) is 4.79 Å². The smallest absolute Gasteiger partial charge is 0.236 e. The van der Waals surface area contributed by atoms with Gasteiger partial charge in [-0.1, -0.05) is 6.92 Å². The Balaban J connectivity index is 1.83. The average Bonchev–Trinajstić information content (AvgIpc) is 3.24. The van der Waals surface area contributed by atoms with Gasteiger partial charge in [0.2, 0.25) is 5.91 Å². The highest BCUT2D eigenvalue weighted by molar-refractivity contribution is 5.79. The van der Waals surface area contributed by atoms with Crippen molar-refractivity contribution in [2.45, 2.75) is 64.0 Å². The Kier molecular flexibility index (Phi) is 4.85. The van der Waals surface area contributed by atoms with Gasteiger partial charge in [-0.25, -0.2) is 0 Å². The van der Waals surface area contributed by atoms with Gasteiger partial charge in [-0.3, -0.25) is 4.79 Å². The molecule has 0 spiro atoms. The highest BCUT2D eigenvalue weighted by Gasteiger charge is 2.35. The van der Waals surface area contributed by atoms with Crippen molar-refractivity contribution in [3.05, 3.63) is 0 Å². The number of amides is 1. The molecule has 2 N–H and O–H groups in total. The van der Waals surface area contributed by atoms with Crippen LogP contribution in [0.25, 0.3) is 0 Å². The summed E-state index contributed by atoms with van der Waals surface area (Å²) in [6.07, 6.45) is 6.55. The van der Waals surface area contributed by atoms with Crippen LogP contribution in [0, 0.1) is 5.92 Å². The van der Waals surface area contributed by atoms with E-state index >= 15 is 0 Å². The number of carbonyl (C=O) groups excluding carboxylic acids is 1. The highest BCUT2D eigenvalue weighted by Crippen LogP contribution is 2.31. The second-order valence-corrected chi connectivity index (χ2v) is 6.39. The monoisotopic (exact) mass is 268 g/mol. The molecule has 110 valence electrons. The predicted octanol–water partition coefficient (Wildman–Crippen LogP) is 1.53. The largest absolute Gasteiger partial charge is 0.394 e. The second kappa shape index (κ2) is 6.23. The van der Waals surface area contributed by atoms with Crippen LogP contribution in [0.2, 0.25) is 0 Å². The number of carbonyl (C=O) groups is 1. The number of nitrogens with one attached hydrogen (secondary N) is 1. The van der Waals surface area contributed by atoms with Gasteiger partial charge in [0.1, 0.15) is 0 Å². The first-order valence-electron chi connectivity index (χ1n) is 7.75. The molecule has 0 saturated heterocycles. The summed E-state index contributed by atoms with van der Waals surface area (Å²) < 4.78 is 0. The van der Waals surface area contributed by atoms with Gasteiger partial charge in [0, 0.05) is 18.1 Å². The number of hydrogen-bond acceptors (Lipinski definition) is 3. The summed E-state index contributed by atoms with van der Waals surface area (Å²) in [4.78, 5) is 14.2. The predicted molar refractivity (Wildman–Crippen MR) is 75.9 cm³/mol. The van der Waals surface area contributed by atoms with Crippen molar-refractivity contribution in [1.82, 2.24) is 10.2 Å². The average molecular weight is 268 g/mol. The summed E-state index contributed by atoms with van der Waals surface area (Å²) in [5, 5.41) is 13.0. The molecular weight excluding hydrogens is 240 g/mol. The van der Waals surface area contributed by atoms with Crippen LogP contribution in [0.4, 0.5) is 0 Å². The fraction of sp³-hybridized carbons (Fsp3) is 0.933. The topological polar surface area (TPSA) is 52.6 Å². The Morgan fingerprint density at radius 1 is 1.32 bits per heavy atom. The van der Waals surface area contributed by atoms with Crippen molar-refractivity contribution in [3.8, 4) is 0 Å². The molecule has 0 unspecified atom stereocenters. The lowest BCUT2D eigenvalue weighted by Crippen LogP contribution is -2.54. The summed E-state index contributed by atoms with van der Waals surface area (Å²) in [7, 11) is 0. The molecular formula is C15H28N2O2. The standard InChI is InChI=1S/C15H28N2O2/c1-3-17(13-4-5-13)14(19)10-16-15(11-18)8-6-12(2)7-9-15/h12-13,16,18H,3-11H2,1-2H3. The van der Waals surface area contributed by atoms with Gasteiger partial charge in [-0.15, -0.1) is 0 Å². The van der Waals surface area contributed by atoms with Gasteiger partial charge in [0.05, 0.1) is 13.2 Å². The number of likely N-dealkylation sites (N-methyl/N-ethyl adjacent to an activating group) is 1. The van der Waals surface area contributed by atoms with Crippen molar-refractivity contribution in [2.24, 2.45) is 5.92 Å². The minimum absolute atomic E-state index is 0.141. The number of nitrogens with zero attached hydrogens (tertiary/aromatic N) is 1. The van der Waals surface area contributed by atoms with Crippen LogP contribution in [0.3, 0.4) is 0 Å². The molecule has 2 aliphatic rings. The third-order valence-corrected chi connectivity index (χ3v) is 4.80. The molecule has 2 fully saturated rings. The van der Waals surface area contributed by atoms with Crippen molar-refractivity contribution >= 4 is 5.91 Å². The van der Waals surface area contributed by atoms with E-state index in [1.165, 1.54) is 0 Å². The van der Waals surface area contributed by atoms with Gasteiger partial charge < -0.3 is 15.3 Å². The quantitative estimate of drug-likeness (QED) is 0.768. The van der Waals surface area contributed by atoms with Gasteiger partial charge in [0.25, 0.3) is 0 Å². The summed E-state index contributed by atoms with van der Waals surface area (Å²) in [5.41, 5.74) is -0.217. The highest BCUT2D eigenvalue weighted by atomic mass is 16.3. The Morgan fingerprint density at radius 3 is 2.42 bits per heavy atom. The lowest BCUT2D eigenvalue weighted by Gasteiger charge is -2.39. The maximum Gasteiger partial charge on any atom is 0.236 e. The van der Waals surface area contributed by atoms with Crippen molar-refractivity contribution in [3.63, 3.8) is 0 Å². The molecule has 2 rings (SSSR count). The molecule has 0 radical (unpaired) electrons. The molecule has 0 bridgehead atoms. The maximum atomic E-state index is 12.2. The van der Waals surface area contributed by atoms with Gasteiger partial charge in [0.15, 0.2) is 0 Å². The Morgan fingerprint density at radius 2 is 1.95 bits per heavy atom. The van der Waals surface area contributed by atoms with E-state index in [9.17, 15) is 9.90 Å². The Bertz CT molecular complexity index is 307. The fourth-order valence-electron chi connectivity index (χ4n) is 3.09. The van der Waals surface area contributed by atoms with E-state index in [0.29, 0.717) is 12.6 Å². The molecule has 4 nitrogen and oxygen atoms in total. The Labute approximate surface area is 116 Å². The van der Waals surface area contributed by atoms with Crippen molar-refractivity contribution < 1.29 is 9.90 Å². The van der Waals surface area contributed by atoms with E-state index in [2.05, 4.69) is 12.2 Å². The van der Waals surface area contributed by atoms with Gasteiger partial charge >= 0.3 is 0 Å². The molecule has 0 aromatic carbocycles. The molecule has 0 heterocycles. The summed E-state index contributed by atoms with van der Waals surface area (Å²) in [6.45, 7) is 5.62. The van der Waals surface area contributed by atoms with Crippen LogP contribution in [0.15, 0.2) is 0 Å². The maximum absolute atomic E-state index is 12.2. The van der Waals surface area contributed by atoms with Crippen LogP contribution in [0.5, 0.6) is 0 Å². The normalized spacial score (nSPS) is 31.2. The zero-order valence-corrected chi connectivity index (χ0v) is 12.3. The molecule has 0 aromatic heterocycles. The van der Waals surface area contributed by atoms with Crippen LogP contribution in [-0.4, -0.2) is 47.2 Å². The first-order chi connectivity index (χ1) is 9.10. The summed E-state index contributed by atoms with van der Waals surface area (Å²) in [5.74, 6) is 0.937. The van der Waals surface area contributed by atoms with Crippen LogP contribution >= 0.6 is 0 Å². The SMILES string of the molecule is CCN(C(=O)CNC1(CO)CCC(C)CC1)C1CC1. The molecule has 1 amide bonds. The number of aliphatic hydroxyl groups is 1. The lowest BCUT2D eigenvalue weighted by molar-refractivity contribution is -0.131. The molecule has 0 aromatic rings. The first-order valence-corrected chi connectivity index (χ1v) is 7.75. The zero-order chi connectivity index (χ0) is 13.9. The van der Waals surface area contributed by atoms with E-state index in [1.807, 2.05) is 11.8 Å². The van der Waals surface area contributed by atoms with Crippen LogP contribution in [0.1, 0.15) is 52.4 Å². The minimum atomic E-state index is -0.217. The first kappa shape index (κ1) is 14.8. The molecule has 0 atom stereocenters. The molecule has 0 aliphatic heterocycles. The number of hydrogen-bond donors (Lipinski definition) is 2. The molecule has 4 heteroatoms. The number of rotatable bonds is 6. The Hall–Kier alpha value is -0.610. The van der Waals surface area contributed by atoms with Gasteiger partial charge in [-0.2, -0.15) is 0 Å². The van der Waals surface area contributed by atoms with Crippen molar-refractivity contribution in [2.75, 3.05) is 19.7 Å². The molecule has 19 heavy (non-hydrogen) atoms. The molecule has 2 aliphatic carbocycles.